The fourth-order valence-corrected chi connectivity index (χ4v) is 9.17. The van der Waals surface area contributed by atoms with E-state index < -0.39 is 0 Å². The summed E-state index contributed by atoms with van der Waals surface area (Å²) in [5.41, 5.74) is 12.2. The van der Waals surface area contributed by atoms with E-state index in [0.29, 0.717) is 0 Å². The van der Waals surface area contributed by atoms with E-state index in [4.69, 9.17) is 0 Å². The summed E-state index contributed by atoms with van der Waals surface area (Å²) in [4.78, 5) is 15.2. The molecule has 69 heavy (non-hydrogen) atoms. The minimum atomic E-state index is 0. The lowest BCUT2D eigenvalue weighted by molar-refractivity contribution is 0.678. The molecule has 0 saturated heterocycles. The second-order valence-electron chi connectivity index (χ2n) is 19.0. The number of nitrogens with zero attached hydrogens (tertiary/aromatic N) is 6. The Hall–Kier alpha value is -5.17. The third kappa shape index (κ3) is 17.0. The van der Waals surface area contributed by atoms with Crippen LogP contribution in [-0.4, -0.2) is 52.4 Å². The number of rotatable bonds is 34. The molecule has 0 aliphatic rings. The maximum absolute atomic E-state index is 2.58. The molecule has 0 N–H and O–H groups in total. The van der Waals surface area contributed by atoms with Crippen molar-refractivity contribution in [2.75, 3.05) is 81.8 Å². The summed E-state index contributed by atoms with van der Waals surface area (Å²) in [5.74, 6) is 0. The lowest BCUT2D eigenvalue weighted by Crippen LogP contribution is -2.25. The average Bonchev–Trinajstić information content (AvgIpc) is 3.38. The average molecular weight is 941 g/mol. The molecule has 0 spiro atoms. The summed E-state index contributed by atoms with van der Waals surface area (Å²) in [6, 6.07) is 46.7. The first kappa shape index (κ1) is 56.4. The molecule has 0 aliphatic heterocycles. The van der Waals surface area contributed by atoms with E-state index in [0.717, 1.165) is 63.7 Å². The second kappa shape index (κ2) is 31.9. The first-order chi connectivity index (χ1) is 33.4. The van der Waals surface area contributed by atoms with Gasteiger partial charge in [-0.2, -0.15) is 0 Å². The summed E-state index contributed by atoms with van der Waals surface area (Å²) in [5, 5.41) is 0. The van der Waals surface area contributed by atoms with Crippen LogP contribution in [0.25, 0.3) is 0 Å². The molecule has 6 nitrogen and oxygen atoms in total. The summed E-state index contributed by atoms with van der Waals surface area (Å²) in [7, 11) is 0. The molecule has 7 heteroatoms. The molecule has 378 valence electrons. The molecule has 0 aromatic heterocycles. The van der Waals surface area contributed by atoms with Gasteiger partial charge in [0.15, 0.2) is 0 Å². The fourth-order valence-electron chi connectivity index (χ4n) is 9.17. The van der Waals surface area contributed by atoms with Crippen molar-refractivity contribution in [1.29, 1.82) is 0 Å². The Morgan fingerprint density at radius 1 is 0.203 bits per heavy atom. The van der Waals surface area contributed by atoms with Gasteiger partial charge in [-0.15, -0.1) is 0 Å². The number of hydrogen-bond donors (Lipinski definition) is 0. The van der Waals surface area contributed by atoms with Crippen molar-refractivity contribution < 1.29 is 4.70 Å². The molecule has 5 aromatic rings. The van der Waals surface area contributed by atoms with Crippen molar-refractivity contribution in [2.45, 2.75) is 158 Å². The Morgan fingerprint density at radius 2 is 0.319 bits per heavy atom. The van der Waals surface area contributed by atoms with Crippen LogP contribution in [0, 0.1) is 0 Å². The highest BCUT2D eigenvalue weighted by molar-refractivity contribution is 5.82. The lowest BCUT2D eigenvalue weighted by atomic mass is 10.1. The lowest BCUT2D eigenvalue weighted by Gasteiger charge is -2.31. The molecule has 0 fully saturated rings. The third-order valence-electron chi connectivity index (χ3n) is 13.5. The Kier molecular flexibility index (Phi) is 26.0. The zero-order chi connectivity index (χ0) is 48.4. The molecule has 0 unspecified atom stereocenters. The standard InChI is InChI=1S/C62H92N6.FH/c1-9-17-45-63(46-18-10-2)53-25-33-57(34-26-53)67(58-35-27-54(28-36-58)64(47-19-11-3)48-20-12-4)61-41-43-62(44-42-61)68(59-37-29-55(30-38-59)65(49-21-13-5)50-22-14-6)60-39-31-56(32-40-60)66(51-23-15-7)52-24-16-8;/h25-44H,9-24,45-52H2,1-8H3;1H. The van der Waals surface area contributed by atoms with Crippen molar-refractivity contribution in [2.24, 2.45) is 0 Å². The van der Waals surface area contributed by atoms with Crippen LogP contribution in [-0.2, 0) is 0 Å². The van der Waals surface area contributed by atoms with Crippen molar-refractivity contribution in [1.82, 2.24) is 0 Å². The van der Waals surface area contributed by atoms with Gasteiger partial charge < -0.3 is 29.4 Å². The van der Waals surface area contributed by atoms with Crippen LogP contribution in [0.4, 0.5) is 61.6 Å². The predicted octanol–water partition coefficient (Wildman–Crippen LogP) is 18.4. The molecule has 5 rings (SSSR count). The fraction of sp³-hybridized carbons (Fsp3) is 0.516. The van der Waals surface area contributed by atoms with E-state index in [1.807, 2.05) is 0 Å². The maximum Gasteiger partial charge on any atom is 0.0463 e. The van der Waals surface area contributed by atoms with Crippen LogP contribution < -0.4 is 29.4 Å². The monoisotopic (exact) mass is 941 g/mol. The summed E-state index contributed by atoms with van der Waals surface area (Å²) in [6.45, 7) is 27.1. The van der Waals surface area contributed by atoms with Crippen molar-refractivity contribution in [3.63, 3.8) is 0 Å². The number of hydrogen-bond acceptors (Lipinski definition) is 6. The van der Waals surface area contributed by atoms with E-state index >= 15 is 0 Å². The molecule has 0 aliphatic carbocycles. The molecule has 0 radical (unpaired) electrons. The minimum absolute atomic E-state index is 0. The van der Waals surface area contributed by atoms with Gasteiger partial charge in [0.2, 0.25) is 0 Å². The molecule has 0 heterocycles. The van der Waals surface area contributed by atoms with Crippen LogP contribution in [0.2, 0.25) is 0 Å². The molecule has 0 saturated carbocycles. The third-order valence-corrected chi connectivity index (χ3v) is 13.5. The molecule has 5 aromatic carbocycles. The minimum Gasteiger partial charge on any atom is -0.372 e. The van der Waals surface area contributed by atoms with Crippen LogP contribution in [0.15, 0.2) is 121 Å². The number of halogens is 1. The SMILES string of the molecule is CCCCN(CCCC)c1ccc(N(c2ccc(N(CCCC)CCCC)cc2)c2ccc(N(c3ccc(N(CCCC)CCCC)cc3)c3ccc(N(CCCC)CCCC)cc3)cc2)cc1.F. The highest BCUT2D eigenvalue weighted by atomic mass is 19.0. The normalized spacial score (nSPS) is 11.0. The maximum atomic E-state index is 2.58. The van der Waals surface area contributed by atoms with E-state index in [1.165, 1.54) is 148 Å². The van der Waals surface area contributed by atoms with Crippen LogP contribution in [0.1, 0.15) is 158 Å². The van der Waals surface area contributed by atoms with E-state index in [9.17, 15) is 0 Å². The highest BCUT2D eigenvalue weighted by Crippen LogP contribution is 2.41. The molecule has 0 bridgehead atoms. The van der Waals surface area contributed by atoms with Gasteiger partial charge in [-0.1, -0.05) is 107 Å². The summed E-state index contributed by atoms with van der Waals surface area (Å²) in [6.07, 6.45) is 19.3. The van der Waals surface area contributed by atoms with Gasteiger partial charge in [-0.05, 0) is 173 Å². The number of benzene rings is 5. The second-order valence-corrected chi connectivity index (χ2v) is 19.0. The Morgan fingerprint density at radius 3 is 0.435 bits per heavy atom. The molecule has 0 atom stereocenters. The Bertz CT molecular complexity index is 1740. The van der Waals surface area contributed by atoms with Crippen LogP contribution in [0.3, 0.4) is 0 Å². The van der Waals surface area contributed by atoms with Crippen molar-refractivity contribution in [3.05, 3.63) is 121 Å². The number of anilines is 10. The van der Waals surface area contributed by atoms with Gasteiger partial charge in [-0.25, -0.2) is 0 Å². The van der Waals surface area contributed by atoms with Gasteiger partial charge in [0.05, 0.1) is 0 Å². The Labute approximate surface area is 421 Å². The predicted molar refractivity (Wildman–Crippen MR) is 306 cm³/mol. The van der Waals surface area contributed by atoms with Crippen LogP contribution >= 0.6 is 0 Å². The van der Waals surface area contributed by atoms with Gasteiger partial charge in [0, 0.05) is 109 Å². The van der Waals surface area contributed by atoms with Gasteiger partial charge in [0.25, 0.3) is 0 Å². The highest BCUT2D eigenvalue weighted by Gasteiger charge is 2.19. The molecular weight excluding hydrogens is 848 g/mol. The van der Waals surface area contributed by atoms with Gasteiger partial charge in [0.1, 0.15) is 0 Å². The molecular formula is C62H93FN6. The topological polar surface area (TPSA) is 19.4 Å². The molecule has 0 amide bonds. The first-order valence-electron chi connectivity index (χ1n) is 27.5. The van der Waals surface area contributed by atoms with Crippen molar-refractivity contribution in [3.8, 4) is 0 Å². The number of unbranched alkanes of at least 4 members (excludes halogenated alkanes) is 8. The van der Waals surface area contributed by atoms with Crippen LogP contribution in [0.5, 0.6) is 0 Å². The summed E-state index contributed by atoms with van der Waals surface area (Å²) >= 11 is 0. The van der Waals surface area contributed by atoms with Crippen molar-refractivity contribution >= 4 is 56.9 Å². The smallest absolute Gasteiger partial charge is 0.0463 e. The Balaban J connectivity index is 0.0000104. The van der Waals surface area contributed by atoms with Gasteiger partial charge in [-0.3, -0.25) is 4.70 Å². The van der Waals surface area contributed by atoms with E-state index in [-0.39, 0.29) is 4.70 Å². The quantitative estimate of drug-likeness (QED) is 0.0406. The first-order valence-corrected chi connectivity index (χ1v) is 27.5. The summed E-state index contributed by atoms with van der Waals surface area (Å²) < 4.78 is 0. The van der Waals surface area contributed by atoms with E-state index in [1.54, 1.807) is 0 Å². The zero-order valence-electron chi connectivity index (χ0n) is 44.6. The largest absolute Gasteiger partial charge is 0.372 e. The van der Waals surface area contributed by atoms with Gasteiger partial charge >= 0.3 is 0 Å². The zero-order valence-corrected chi connectivity index (χ0v) is 44.6. The van der Waals surface area contributed by atoms with E-state index in [2.05, 4.69) is 206 Å².